The van der Waals surface area contributed by atoms with Gasteiger partial charge in [0.2, 0.25) is 0 Å². The minimum absolute atomic E-state index is 0.201. The fraction of sp³-hybridized carbons (Fsp3) is 0.429. The Kier molecular flexibility index (Phi) is 5.73. The Hall–Kier alpha value is -1.67. The van der Waals surface area contributed by atoms with Crippen molar-refractivity contribution >= 4 is 34.6 Å². The number of nitrogens with one attached hydrogen (secondary N) is 2. The molecule has 0 radical (unpaired) electrons. The van der Waals surface area contributed by atoms with Crippen molar-refractivity contribution in [2.45, 2.75) is 19.4 Å². The van der Waals surface area contributed by atoms with Crippen molar-refractivity contribution in [1.29, 1.82) is 0 Å². The van der Waals surface area contributed by atoms with Gasteiger partial charge in [-0.1, -0.05) is 0 Å². The number of carbonyl (C=O) groups is 1. The molecule has 0 bridgehead atoms. The average Bonchev–Trinajstić information content (AvgIpc) is 2.93. The zero-order valence-corrected chi connectivity index (χ0v) is 13.9. The first kappa shape index (κ1) is 16.7. The van der Waals surface area contributed by atoms with Crippen LogP contribution in [0.4, 0.5) is 4.39 Å². The first-order chi connectivity index (χ1) is 10.6. The maximum absolute atomic E-state index is 13.1. The molecule has 8 heteroatoms. The van der Waals surface area contributed by atoms with E-state index in [1.807, 2.05) is 10.8 Å². The molecular weight excluding hydrogens is 327 g/mol. The second-order valence-corrected chi connectivity index (χ2v) is 5.85. The van der Waals surface area contributed by atoms with Gasteiger partial charge in [0.1, 0.15) is 12.4 Å². The summed E-state index contributed by atoms with van der Waals surface area (Å²) in [6, 6.07) is -0.767. The van der Waals surface area contributed by atoms with Crippen molar-refractivity contribution < 1.29 is 18.7 Å². The van der Waals surface area contributed by atoms with Crippen LogP contribution in [0.1, 0.15) is 12.5 Å². The van der Waals surface area contributed by atoms with Crippen LogP contribution in [0.3, 0.4) is 0 Å². The highest BCUT2D eigenvalue weighted by Crippen LogP contribution is 2.23. The summed E-state index contributed by atoms with van der Waals surface area (Å²) in [4.78, 5) is 12.2. The molecule has 120 valence electrons. The summed E-state index contributed by atoms with van der Waals surface area (Å²) in [5, 5.41) is 9.67. The van der Waals surface area contributed by atoms with Crippen LogP contribution in [0.15, 0.2) is 22.0 Å². The molecule has 0 aliphatic carbocycles. The molecule has 0 amide bonds. The Labute approximate surface area is 137 Å². The van der Waals surface area contributed by atoms with Crippen LogP contribution in [0.5, 0.6) is 5.75 Å². The first-order valence-corrected chi connectivity index (χ1v) is 8.02. The topological polar surface area (TPSA) is 59.6 Å². The third kappa shape index (κ3) is 3.75. The maximum Gasteiger partial charge on any atom is 0.337 e. The van der Waals surface area contributed by atoms with Crippen LogP contribution >= 0.6 is 23.6 Å². The summed E-state index contributed by atoms with van der Waals surface area (Å²) in [6.45, 7) is 1.14. The molecule has 1 aliphatic heterocycles. The Morgan fingerprint density at radius 3 is 2.95 bits per heavy atom. The summed E-state index contributed by atoms with van der Waals surface area (Å²) in [6.07, 6.45) is 0.546. The van der Waals surface area contributed by atoms with E-state index in [9.17, 15) is 9.18 Å². The third-order valence-electron chi connectivity index (χ3n) is 3.26. The number of hydrogen-bond acceptors (Lipinski definition) is 5. The summed E-state index contributed by atoms with van der Waals surface area (Å²) >= 11 is 6.47. The van der Waals surface area contributed by atoms with Crippen molar-refractivity contribution in [2.75, 3.05) is 20.4 Å². The highest BCUT2D eigenvalue weighted by molar-refractivity contribution is 7.80. The van der Waals surface area contributed by atoms with Crippen molar-refractivity contribution in [3.8, 4) is 5.75 Å². The molecule has 2 rings (SSSR count). The number of methoxy groups -OCH3 is 1. The molecule has 0 saturated heterocycles. The van der Waals surface area contributed by atoms with Gasteiger partial charge in [-0.05, 0) is 24.5 Å². The molecular formula is C14H17FN2O3S2. The van der Waals surface area contributed by atoms with Crippen molar-refractivity contribution in [1.82, 2.24) is 10.6 Å². The van der Waals surface area contributed by atoms with Crippen molar-refractivity contribution in [3.05, 3.63) is 27.6 Å². The second kappa shape index (κ2) is 7.55. The number of thiophene rings is 1. The third-order valence-corrected chi connectivity index (χ3v) is 4.25. The summed E-state index contributed by atoms with van der Waals surface area (Å²) in [7, 11) is 1.60. The molecule has 0 aromatic carbocycles. The molecule has 0 saturated carbocycles. The molecule has 1 atom stereocenters. The van der Waals surface area contributed by atoms with Gasteiger partial charge in [-0.15, -0.1) is 11.3 Å². The van der Waals surface area contributed by atoms with Gasteiger partial charge in [-0.25, -0.2) is 9.18 Å². The van der Waals surface area contributed by atoms with E-state index >= 15 is 0 Å². The van der Waals surface area contributed by atoms with E-state index in [0.717, 1.165) is 11.3 Å². The Morgan fingerprint density at radius 2 is 2.27 bits per heavy atom. The van der Waals surface area contributed by atoms with Crippen LogP contribution in [0.2, 0.25) is 0 Å². The van der Waals surface area contributed by atoms with E-state index in [2.05, 4.69) is 10.6 Å². The van der Waals surface area contributed by atoms with Gasteiger partial charge >= 0.3 is 5.97 Å². The minimum atomic E-state index is -0.767. The molecule has 2 N–H and O–H groups in total. The van der Waals surface area contributed by atoms with Crippen LogP contribution < -0.4 is 15.4 Å². The number of hydrogen-bond donors (Lipinski definition) is 2. The summed E-state index contributed by atoms with van der Waals surface area (Å²) < 4.78 is 23.5. The number of alkyl halides is 1. The van der Waals surface area contributed by atoms with Gasteiger partial charge in [0.15, 0.2) is 5.11 Å². The lowest BCUT2D eigenvalue weighted by molar-refractivity contribution is -0.139. The number of ether oxygens (including phenoxy) is 2. The summed E-state index contributed by atoms with van der Waals surface area (Å²) in [5.74, 6) is 0.237. The Bertz CT molecular complexity index is 601. The van der Waals surface area contributed by atoms with Gasteiger partial charge in [0, 0.05) is 23.1 Å². The van der Waals surface area contributed by atoms with Crippen LogP contribution in [-0.2, 0) is 16.0 Å². The van der Waals surface area contributed by atoms with Gasteiger partial charge in [-0.3, -0.25) is 0 Å². The highest BCUT2D eigenvalue weighted by Gasteiger charge is 2.29. The Balaban J connectivity index is 1.96. The predicted molar refractivity (Wildman–Crippen MR) is 86.9 cm³/mol. The quantitative estimate of drug-likeness (QED) is 0.607. The van der Waals surface area contributed by atoms with E-state index < -0.39 is 18.7 Å². The van der Waals surface area contributed by atoms with Crippen molar-refractivity contribution in [3.63, 3.8) is 0 Å². The molecule has 1 aromatic rings. The highest BCUT2D eigenvalue weighted by atomic mass is 32.1. The number of allylic oxidation sites excluding steroid dienone is 1. The molecule has 2 heterocycles. The average molecular weight is 344 g/mol. The van der Waals surface area contributed by atoms with E-state index in [1.165, 1.54) is 11.3 Å². The number of esters is 1. The molecule has 1 aliphatic rings. The second-order valence-electron chi connectivity index (χ2n) is 4.70. The lowest BCUT2D eigenvalue weighted by atomic mass is 10.0. The van der Waals surface area contributed by atoms with Gasteiger partial charge in [-0.2, -0.15) is 0 Å². The Morgan fingerprint density at radius 1 is 1.50 bits per heavy atom. The SMILES string of the molecule is COc1cscc1CCOC(=O)C1=C(C)NC(=S)NC1CF. The number of thiocarbonyl (C=S) groups is 1. The molecule has 1 unspecified atom stereocenters. The smallest absolute Gasteiger partial charge is 0.337 e. The molecule has 1 aromatic heterocycles. The molecule has 0 fully saturated rings. The number of rotatable bonds is 6. The van der Waals surface area contributed by atoms with Crippen molar-refractivity contribution in [2.24, 2.45) is 0 Å². The van der Waals surface area contributed by atoms with E-state index in [-0.39, 0.29) is 12.2 Å². The van der Waals surface area contributed by atoms with Gasteiger partial charge in [0.25, 0.3) is 0 Å². The van der Waals surface area contributed by atoms with E-state index in [1.54, 1.807) is 14.0 Å². The lowest BCUT2D eigenvalue weighted by Gasteiger charge is -2.27. The van der Waals surface area contributed by atoms with Gasteiger partial charge in [0.05, 0.1) is 25.3 Å². The zero-order chi connectivity index (χ0) is 16.1. The predicted octanol–water partition coefficient (Wildman–Crippen LogP) is 1.93. The van der Waals surface area contributed by atoms with Crippen LogP contribution in [-0.4, -0.2) is 37.5 Å². The first-order valence-electron chi connectivity index (χ1n) is 6.67. The fourth-order valence-electron chi connectivity index (χ4n) is 2.18. The largest absolute Gasteiger partial charge is 0.496 e. The number of carbonyl (C=O) groups excluding carboxylic acids is 1. The maximum atomic E-state index is 13.1. The fourth-order valence-corrected chi connectivity index (χ4v) is 3.31. The van der Waals surface area contributed by atoms with Crippen LogP contribution in [0, 0.1) is 0 Å². The van der Waals surface area contributed by atoms with Crippen LogP contribution in [0.25, 0.3) is 0 Å². The molecule has 5 nitrogen and oxygen atoms in total. The minimum Gasteiger partial charge on any atom is -0.496 e. The molecule has 0 spiro atoms. The van der Waals surface area contributed by atoms with E-state index in [0.29, 0.717) is 17.2 Å². The monoisotopic (exact) mass is 344 g/mol. The molecule has 22 heavy (non-hydrogen) atoms. The standard InChI is InChI=1S/C14H17FN2O3S2/c1-8-12(10(5-15)17-14(21)16-8)13(18)20-4-3-9-6-22-7-11(9)19-2/h6-7,10H,3-5H2,1-2H3,(H2,16,17,21). The van der Waals surface area contributed by atoms with E-state index in [4.69, 9.17) is 21.7 Å². The lowest BCUT2D eigenvalue weighted by Crippen LogP contribution is -2.50. The normalized spacial score (nSPS) is 17.8. The van der Waals surface area contributed by atoms with Gasteiger partial charge < -0.3 is 20.1 Å². The summed E-state index contributed by atoms with van der Waals surface area (Å²) in [5.41, 5.74) is 1.74. The number of halogens is 1. The zero-order valence-electron chi connectivity index (χ0n) is 12.3.